The molecule has 168 valence electrons. The standard InChI is InChI=1S/C23H25N3O5S/c1-25-10-3-11-26(13-12-25)22-19-14-16(23(27)28)4-9-20(19)24-15-21(22)32(29,30)18-7-5-17(31-2)6-8-18/h4-9,14-15H,3,10-13H2,1-2H3,(H,27,28). The smallest absolute Gasteiger partial charge is 0.335 e. The first-order valence-electron chi connectivity index (χ1n) is 10.3. The van der Waals surface area contributed by atoms with Gasteiger partial charge in [-0.05, 0) is 62.5 Å². The van der Waals surface area contributed by atoms with Crippen LogP contribution in [-0.2, 0) is 9.84 Å². The molecule has 8 nitrogen and oxygen atoms in total. The van der Waals surface area contributed by atoms with E-state index in [-0.39, 0.29) is 15.4 Å². The zero-order valence-corrected chi connectivity index (χ0v) is 18.8. The third-order valence-electron chi connectivity index (χ3n) is 5.75. The van der Waals surface area contributed by atoms with Gasteiger partial charge in [-0.15, -0.1) is 0 Å². The first kappa shape index (κ1) is 22.0. The van der Waals surface area contributed by atoms with Crippen molar-refractivity contribution in [2.75, 3.05) is 45.2 Å². The lowest BCUT2D eigenvalue weighted by molar-refractivity contribution is 0.0697. The number of aromatic nitrogens is 1. The van der Waals surface area contributed by atoms with E-state index >= 15 is 0 Å². The van der Waals surface area contributed by atoms with Crippen LogP contribution >= 0.6 is 0 Å². The second-order valence-corrected chi connectivity index (χ2v) is 9.75. The molecule has 3 aromatic rings. The number of likely N-dealkylation sites (N-methyl/N-ethyl adjacent to an activating group) is 1. The average molecular weight is 456 g/mol. The van der Waals surface area contributed by atoms with Crippen molar-refractivity contribution >= 4 is 32.4 Å². The van der Waals surface area contributed by atoms with Crippen molar-refractivity contribution in [1.82, 2.24) is 9.88 Å². The summed E-state index contributed by atoms with van der Waals surface area (Å²) >= 11 is 0. The Morgan fingerprint density at radius 3 is 2.50 bits per heavy atom. The van der Waals surface area contributed by atoms with Gasteiger partial charge in [-0.2, -0.15) is 0 Å². The molecule has 0 atom stereocenters. The minimum atomic E-state index is -3.91. The summed E-state index contributed by atoms with van der Waals surface area (Å²) in [7, 11) is -0.362. The number of hydrogen-bond donors (Lipinski definition) is 1. The molecule has 1 aliphatic heterocycles. The number of carboxylic acids is 1. The maximum absolute atomic E-state index is 13.7. The van der Waals surface area contributed by atoms with Crippen LogP contribution in [0.1, 0.15) is 16.8 Å². The third-order valence-corrected chi connectivity index (χ3v) is 7.52. The van der Waals surface area contributed by atoms with Gasteiger partial charge >= 0.3 is 5.97 Å². The Kier molecular flexibility index (Phi) is 6.03. The fourth-order valence-corrected chi connectivity index (χ4v) is 5.40. The minimum absolute atomic E-state index is 0.0715. The van der Waals surface area contributed by atoms with Crippen molar-refractivity contribution in [1.29, 1.82) is 0 Å². The van der Waals surface area contributed by atoms with Crippen LogP contribution in [0, 0.1) is 0 Å². The van der Waals surface area contributed by atoms with Gasteiger partial charge in [0.15, 0.2) is 0 Å². The van der Waals surface area contributed by atoms with E-state index in [1.54, 1.807) is 18.2 Å². The number of fused-ring (bicyclic) bond motifs is 1. The van der Waals surface area contributed by atoms with Crippen molar-refractivity contribution in [3.63, 3.8) is 0 Å². The molecule has 1 aromatic heterocycles. The molecule has 1 N–H and O–H groups in total. The second-order valence-electron chi connectivity index (χ2n) is 7.83. The number of aromatic carboxylic acids is 1. The van der Waals surface area contributed by atoms with E-state index in [0.717, 1.165) is 19.5 Å². The summed E-state index contributed by atoms with van der Waals surface area (Å²) < 4.78 is 32.5. The highest BCUT2D eigenvalue weighted by molar-refractivity contribution is 7.91. The van der Waals surface area contributed by atoms with Crippen LogP contribution < -0.4 is 9.64 Å². The number of sulfone groups is 1. The van der Waals surface area contributed by atoms with Crippen LogP contribution in [0.2, 0.25) is 0 Å². The summed E-state index contributed by atoms with van der Waals surface area (Å²) in [6, 6.07) is 10.8. The maximum atomic E-state index is 13.7. The average Bonchev–Trinajstić information content (AvgIpc) is 3.02. The normalized spacial score (nSPS) is 15.5. The topological polar surface area (TPSA) is 100 Å². The molecule has 2 heterocycles. The highest BCUT2D eigenvalue weighted by Crippen LogP contribution is 2.37. The number of carbonyl (C=O) groups is 1. The molecule has 0 spiro atoms. The largest absolute Gasteiger partial charge is 0.497 e. The van der Waals surface area contributed by atoms with Crippen molar-refractivity contribution in [3.8, 4) is 5.75 Å². The van der Waals surface area contributed by atoms with Gasteiger partial charge in [0, 0.05) is 31.2 Å². The van der Waals surface area contributed by atoms with Gasteiger partial charge in [-0.3, -0.25) is 4.98 Å². The lowest BCUT2D eigenvalue weighted by Crippen LogP contribution is -2.30. The Morgan fingerprint density at radius 2 is 1.81 bits per heavy atom. The zero-order valence-electron chi connectivity index (χ0n) is 18.0. The van der Waals surface area contributed by atoms with E-state index in [0.29, 0.717) is 35.4 Å². The van der Waals surface area contributed by atoms with Crippen molar-refractivity contribution in [3.05, 3.63) is 54.2 Å². The minimum Gasteiger partial charge on any atom is -0.497 e. The van der Waals surface area contributed by atoms with Gasteiger partial charge in [0.1, 0.15) is 10.6 Å². The summed E-state index contributed by atoms with van der Waals surface area (Å²) in [5.41, 5.74) is 1.15. The van der Waals surface area contributed by atoms with E-state index in [2.05, 4.69) is 9.88 Å². The lowest BCUT2D eigenvalue weighted by atomic mass is 10.1. The van der Waals surface area contributed by atoms with Crippen LogP contribution in [0.3, 0.4) is 0 Å². The molecule has 4 rings (SSSR count). The van der Waals surface area contributed by atoms with E-state index < -0.39 is 15.8 Å². The number of ether oxygens (including phenoxy) is 1. The van der Waals surface area contributed by atoms with Crippen LogP contribution in [0.15, 0.2) is 58.5 Å². The van der Waals surface area contributed by atoms with Gasteiger partial charge in [0.2, 0.25) is 9.84 Å². The molecule has 9 heteroatoms. The van der Waals surface area contributed by atoms with Crippen LogP contribution in [0.5, 0.6) is 5.75 Å². The van der Waals surface area contributed by atoms with Gasteiger partial charge in [-0.25, -0.2) is 13.2 Å². The van der Waals surface area contributed by atoms with Gasteiger partial charge in [0.25, 0.3) is 0 Å². The zero-order chi connectivity index (χ0) is 22.9. The molecule has 0 radical (unpaired) electrons. The second kappa shape index (κ2) is 8.76. The fraction of sp³-hybridized carbons (Fsp3) is 0.304. The van der Waals surface area contributed by atoms with Crippen LogP contribution in [-0.4, -0.2) is 69.7 Å². The molecule has 0 unspecified atom stereocenters. The number of hydrogen-bond acceptors (Lipinski definition) is 7. The predicted octanol–water partition coefficient (Wildman–Crippen LogP) is 2.92. The van der Waals surface area contributed by atoms with Crippen LogP contribution in [0.4, 0.5) is 5.69 Å². The van der Waals surface area contributed by atoms with Gasteiger partial charge < -0.3 is 19.6 Å². The Labute approximate surface area is 187 Å². The Balaban J connectivity index is 1.95. The first-order valence-corrected chi connectivity index (χ1v) is 11.8. The molecule has 1 aliphatic rings. The monoisotopic (exact) mass is 455 g/mol. The number of pyridine rings is 1. The van der Waals surface area contributed by atoms with Gasteiger partial charge in [0.05, 0.1) is 28.8 Å². The molecule has 1 saturated heterocycles. The maximum Gasteiger partial charge on any atom is 0.335 e. The molecule has 2 aromatic carbocycles. The van der Waals surface area contributed by atoms with Crippen molar-refractivity contribution < 1.29 is 23.1 Å². The molecular formula is C23H25N3O5S. The van der Waals surface area contributed by atoms with Crippen molar-refractivity contribution in [2.45, 2.75) is 16.2 Å². The summed E-state index contributed by atoms with van der Waals surface area (Å²) in [5, 5.41) is 10.0. The number of benzene rings is 2. The highest BCUT2D eigenvalue weighted by atomic mass is 32.2. The molecule has 32 heavy (non-hydrogen) atoms. The Bertz CT molecular complexity index is 1260. The first-order chi connectivity index (χ1) is 15.3. The molecule has 0 aliphatic carbocycles. The summed E-state index contributed by atoms with van der Waals surface area (Å²) in [4.78, 5) is 20.4. The number of anilines is 1. The Hall–Kier alpha value is -3.17. The molecule has 0 bridgehead atoms. The quantitative estimate of drug-likeness (QED) is 0.627. The number of methoxy groups -OCH3 is 1. The van der Waals surface area contributed by atoms with E-state index in [1.165, 1.54) is 37.6 Å². The predicted molar refractivity (Wildman–Crippen MR) is 121 cm³/mol. The lowest BCUT2D eigenvalue weighted by Gasteiger charge is -2.27. The fourth-order valence-electron chi connectivity index (χ4n) is 3.97. The molecule has 1 fully saturated rings. The van der Waals surface area contributed by atoms with E-state index in [1.807, 2.05) is 11.9 Å². The number of carboxylic acid groups (broad SMARTS) is 1. The van der Waals surface area contributed by atoms with Gasteiger partial charge in [-0.1, -0.05) is 0 Å². The van der Waals surface area contributed by atoms with E-state index in [9.17, 15) is 18.3 Å². The third kappa shape index (κ3) is 4.13. The molecule has 0 amide bonds. The van der Waals surface area contributed by atoms with E-state index in [4.69, 9.17) is 4.74 Å². The SMILES string of the molecule is COc1ccc(S(=O)(=O)c2cnc3ccc(C(=O)O)cc3c2N2CCCN(C)CC2)cc1. The summed E-state index contributed by atoms with van der Waals surface area (Å²) in [5.74, 6) is -0.515. The summed E-state index contributed by atoms with van der Waals surface area (Å²) in [6.07, 6.45) is 2.24. The molecular weight excluding hydrogens is 430 g/mol. The molecule has 0 saturated carbocycles. The highest BCUT2D eigenvalue weighted by Gasteiger charge is 2.28. The number of nitrogens with zero attached hydrogens (tertiary/aromatic N) is 3. The number of rotatable bonds is 5. The van der Waals surface area contributed by atoms with Crippen molar-refractivity contribution in [2.24, 2.45) is 0 Å². The summed E-state index contributed by atoms with van der Waals surface area (Å²) in [6.45, 7) is 2.95. The van der Waals surface area contributed by atoms with Crippen LogP contribution in [0.25, 0.3) is 10.9 Å². The Morgan fingerprint density at radius 1 is 1.06 bits per heavy atom.